The van der Waals surface area contributed by atoms with Crippen LogP contribution in [-0.2, 0) is 0 Å². The van der Waals surface area contributed by atoms with Gasteiger partial charge in [0.1, 0.15) is 0 Å². The van der Waals surface area contributed by atoms with E-state index in [9.17, 15) is 0 Å². The maximum Gasteiger partial charge on any atom is 2.00 e. The molecule has 0 bridgehead atoms. The number of rotatable bonds is 4. The molecule has 0 rings (SSSR count). The second-order valence-corrected chi connectivity index (χ2v) is 1.88. The Bertz CT molecular complexity index is 85.7. The van der Waals surface area contributed by atoms with Crippen LogP contribution in [0.5, 0.6) is 0 Å². The van der Waals surface area contributed by atoms with E-state index in [1.54, 1.807) is 0 Å². The Balaban J connectivity index is -0.000000320. The van der Waals surface area contributed by atoms with E-state index in [0.717, 1.165) is 19.3 Å². The second-order valence-electron chi connectivity index (χ2n) is 1.88. The molecule has 0 fully saturated rings. The molecule has 0 saturated heterocycles. The van der Waals surface area contributed by atoms with Crippen LogP contribution in [0.1, 0.15) is 26.2 Å². The van der Waals surface area contributed by atoms with Gasteiger partial charge in [0, 0.05) is 0 Å². The standard InChI is InChI=1S/C9H15.ClH.Mg/c1-3-5-7-9-8-6-4-2;;/h5-8H,1,3-4,9H2,2H3;1H;/q-1;;+2/p-1/b7-5-,8-6-;;. The van der Waals surface area contributed by atoms with Crippen molar-refractivity contribution >= 4 is 23.1 Å². The van der Waals surface area contributed by atoms with E-state index < -0.39 is 0 Å². The summed E-state index contributed by atoms with van der Waals surface area (Å²) in [4.78, 5) is 0. The topological polar surface area (TPSA) is 0 Å². The van der Waals surface area contributed by atoms with E-state index >= 15 is 0 Å². The van der Waals surface area contributed by atoms with Crippen molar-refractivity contribution in [2.24, 2.45) is 0 Å². The molecule has 0 aromatic rings. The smallest absolute Gasteiger partial charge is 1.00 e. The molecular weight excluding hydrogens is 168 g/mol. The maximum atomic E-state index is 3.69. The van der Waals surface area contributed by atoms with Gasteiger partial charge in [-0.05, 0) is 12.8 Å². The first-order chi connectivity index (χ1) is 4.41. The Morgan fingerprint density at radius 1 is 1.09 bits per heavy atom. The van der Waals surface area contributed by atoms with Gasteiger partial charge in [0.25, 0.3) is 0 Å². The zero-order valence-corrected chi connectivity index (χ0v) is 9.39. The fraction of sp³-hybridized carbons (Fsp3) is 0.444. The van der Waals surface area contributed by atoms with Crippen molar-refractivity contribution in [1.29, 1.82) is 0 Å². The van der Waals surface area contributed by atoms with Crippen molar-refractivity contribution in [3.8, 4) is 0 Å². The SMILES string of the molecule is [CH2-]C/C=C\C/C=C\CC.[Cl-].[Mg+2]. The molecule has 0 nitrogen and oxygen atoms in total. The summed E-state index contributed by atoms with van der Waals surface area (Å²) in [6.45, 7) is 5.83. The van der Waals surface area contributed by atoms with E-state index in [1.807, 2.05) is 0 Å². The maximum absolute atomic E-state index is 3.69. The largest absolute Gasteiger partial charge is 2.00 e. The quantitative estimate of drug-likeness (QED) is 0.320. The van der Waals surface area contributed by atoms with Crippen LogP contribution >= 0.6 is 0 Å². The van der Waals surface area contributed by atoms with Gasteiger partial charge in [-0.2, -0.15) is 6.42 Å². The third-order valence-electron chi connectivity index (χ3n) is 1.01. The van der Waals surface area contributed by atoms with E-state index in [2.05, 4.69) is 38.2 Å². The summed E-state index contributed by atoms with van der Waals surface area (Å²) in [6, 6.07) is 0. The summed E-state index contributed by atoms with van der Waals surface area (Å²) < 4.78 is 0. The Morgan fingerprint density at radius 2 is 1.64 bits per heavy atom. The molecule has 0 unspecified atom stereocenters. The summed E-state index contributed by atoms with van der Waals surface area (Å²) in [6.07, 6.45) is 11.7. The van der Waals surface area contributed by atoms with Crippen LogP contribution < -0.4 is 12.4 Å². The van der Waals surface area contributed by atoms with Crippen LogP contribution in [0.15, 0.2) is 24.3 Å². The first-order valence-electron chi connectivity index (χ1n) is 3.51. The molecule has 0 saturated carbocycles. The zero-order chi connectivity index (χ0) is 6.95. The first-order valence-corrected chi connectivity index (χ1v) is 3.51. The molecule has 0 aromatic heterocycles. The molecule has 0 aromatic carbocycles. The van der Waals surface area contributed by atoms with E-state index in [0.29, 0.717) is 0 Å². The van der Waals surface area contributed by atoms with Crippen LogP contribution in [-0.4, -0.2) is 23.1 Å². The summed E-state index contributed by atoms with van der Waals surface area (Å²) >= 11 is 0. The fourth-order valence-electron chi connectivity index (χ4n) is 0.556. The molecule has 0 spiro atoms. The predicted octanol–water partition coefficient (Wildman–Crippen LogP) is -0.254. The van der Waals surface area contributed by atoms with Gasteiger partial charge in [0.2, 0.25) is 0 Å². The van der Waals surface area contributed by atoms with Gasteiger partial charge in [-0.3, -0.25) is 0 Å². The molecule has 0 amide bonds. The van der Waals surface area contributed by atoms with Crippen LogP contribution in [0.25, 0.3) is 0 Å². The predicted molar refractivity (Wildman–Crippen MR) is 48.9 cm³/mol. The van der Waals surface area contributed by atoms with Crippen LogP contribution in [0.2, 0.25) is 0 Å². The Hall–Kier alpha value is 0.536. The van der Waals surface area contributed by atoms with Crippen LogP contribution in [0.4, 0.5) is 0 Å². The Labute approximate surface area is 92.7 Å². The average Bonchev–Trinajstić information content (AvgIpc) is 1.89. The molecule has 2 heteroatoms. The molecular formula is C9H15ClMg. The van der Waals surface area contributed by atoms with Crippen molar-refractivity contribution < 1.29 is 12.4 Å². The minimum absolute atomic E-state index is 0. The minimum Gasteiger partial charge on any atom is -1.00 e. The average molecular weight is 183 g/mol. The van der Waals surface area contributed by atoms with Gasteiger partial charge in [-0.25, -0.2) is 0 Å². The number of hydrogen-bond acceptors (Lipinski definition) is 0. The van der Waals surface area contributed by atoms with Crippen molar-refractivity contribution in [2.75, 3.05) is 0 Å². The molecule has 0 atom stereocenters. The van der Waals surface area contributed by atoms with Gasteiger partial charge >= 0.3 is 23.1 Å². The summed E-state index contributed by atoms with van der Waals surface area (Å²) in [7, 11) is 0. The molecule has 0 radical (unpaired) electrons. The van der Waals surface area contributed by atoms with Crippen LogP contribution in [0.3, 0.4) is 0 Å². The summed E-state index contributed by atoms with van der Waals surface area (Å²) in [5.41, 5.74) is 0. The third-order valence-corrected chi connectivity index (χ3v) is 1.01. The molecule has 0 aliphatic heterocycles. The van der Waals surface area contributed by atoms with Crippen molar-refractivity contribution in [3.05, 3.63) is 31.2 Å². The van der Waals surface area contributed by atoms with E-state index in [4.69, 9.17) is 0 Å². The Morgan fingerprint density at radius 3 is 2.09 bits per heavy atom. The van der Waals surface area contributed by atoms with Crippen LogP contribution in [0, 0.1) is 6.92 Å². The molecule has 0 aliphatic carbocycles. The minimum atomic E-state index is 0. The summed E-state index contributed by atoms with van der Waals surface area (Å²) in [5, 5.41) is 0. The Kier molecular flexibility index (Phi) is 27.0. The second kappa shape index (κ2) is 16.9. The number of allylic oxidation sites excluding steroid dienone is 4. The van der Waals surface area contributed by atoms with Gasteiger partial charge in [0.05, 0.1) is 0 Å². The van der Waals surface area contributed by atoms with Gasteiger partial charge in [-0.15, -0.1) is 6.08 Å². The molecule has 0 aliphatic rings. The first kappa shape index (κ1) is 17.6. The monoisotopic (exact) mass is 182 g/mol. The molecule has 0 heterocycles. The number of hydrogen-bond donors (Lipinski definition) is 0. The third kappa shape index (κ3) is 18.0. The zero-order valence-electron chi connectivity index (χ0n) is 7.22. The van der Waals surface area contributed by atoms with Crippen molar-refractivity contribution in [3.63, 3.8) is 0 Å². The fourth-order valence-corrected chi connectivity index (χ4v) is 0.556. The molecule has 60 valence electrons. The normalized spacial score (nSPS) is 9.64. The van der Waals surface area contributed by atoms with Crippen molar-refractivity contribution in [2.45, 2.75) is 26.2 Å². The van der Waals surface area contributed by atoms with E-state index in [-0.39, 0.29) is 35.5 Å². The van der Waals surface area contributed by atoms with Gasteiger partial charge < -0.3 is 19.3 Å². The van der Waals surface area contributed by atoms with Gasteiger partial charge in [0.15, 0.2) is 0 Å². The number of halogens is 1. The van der Waals surface area contributed by atoms with Gasteiger partial charge in [-0.1, -0.05) is 25.2 Å². The summed E-state index contributed by atoms with van der Waals surface area (Å²) in [5.74, 6) is 0. The molecule has 0 N–H and O–H groups in total. The molecule has 11 heavy (non-hydrogen) atoms. The van der Waals surface area contributed by atoms with E-state index in [1.165, 1.54) is 0 Å². The van der Waals surface area contributed by atoms with Crippen molar-refractivity contribution in [1.82, 2.24) is 0 Å².